The number of ether oxygens (including phenoxy) is 2. The Morgan fingerprint density at radius 3 is 2.68 bits per heavy atom. The molecule has 1 rings (SSSR count). The van der Waals surface area contributed by atoms with E-state index < -0.39 is 17.3 Å². The molecule has 6 nitrogen and oxygen atoms in total. The molecule has 22 heavy (non-hydrogen) atoms. The van der Waals surface area contributed by atoms with Crippen molar-refractivity contribution in [2.24, 2.45) is 5.41 Å². The van der Waals surface area contributed by atoms with Gasteiger partial charge >= 0.3 is 0 Å². The Kier molecular flexibility index (Phi) is 6.15. The number of carbonyl (C=O) groups excluding carboxylic acids is 2. The molecule has 1 aliphatic heterocycles. The molecular formula is C16H24N2O4. The number of hydrogen-bond acceptors (Lipinski definition) is 4. The topological polar surface area (TPSA) is 76.7 Å². The maximum Gasteiger partial charge on any atom is 0.253 e. The van der Waals surface area contributed by atoms with E-state index in [0.29, 0.717) is 19.6 Å². The summed E-state index contributed by atoms with van der Waals surface area (Å²) in [6, 6.07) is 0. The summed E-state index contributed by atoms with van der Waals surface area (Å²) in [7, 11) is 0. The maximum absolute atomic E-state index is 12.2. The number of hydrogen-bond donors (Lipinski definition) is 2. The Hall–Kier alpha value is -1.84. The van der Waals surface area contributed by atoms with E-state index in [4.69, 9.17) is 15.9 Å². The third kappa shape index (κ3) is 5.51. The minimum Gasteiger partial charge on any atom is -0.352 e. The van der Waals surface area contributed by atoms with E-state index >= 15 is 0 Å². The Morgan fingerprint density at radius 2 is 2.05 bits per heavy atom. The summed E-state index contributed by atoms with van der Waals surface area (Å²) in [6.45, 7) is 8.12. The number of amides is 2. The van der Waals surface area contributed by atoms with Crippen molar-refractivity contribution in [3.8, 4) is 12.3 Å². The normalized spacial score (nSPS) is 22.8. The molecule has 0 aliphatic carbocycles. The summed E-state index contributed by atoms with van der Waals surface area (Å²) >= 11 is 0. The lowest BCUT2D eigenvalue weighted by atomic mass is 9.85. The van der Waals surface area contributed by atoms with Crippen LogP contribution < -0.4 is 10.6 Å². The van der Waals surface area contributed by atoms with Gasteiger partial charge in [-0.15, -0.1) is 12.3 Å². The highest BCUT2D eigenvalue weighted by atomic mass is 16.7. The second kappa shape index (κ2) is 7.43. The van der Waals surface area contributed by atoms with E-state index in [1.807, 2.05) is 13.8 Å². The van der Waals surface area contributed by atoms with Crippen LogP contribution in [0.25, 0.3) is 0 Å². The Labute approximate surface area is 131 Å². The van der Waals surface area contributed by atoms with E-state index in [1.54, 1.807) is 13.8 Å². The summed E-state index contributed by atoms with van der Waals surface area (Å²) in [5, 5.41) is 5.16. The van der Waals surface area contributed by atoms with E-state index in [2.05, 4.69) is 16.6 Å². The quantitative estimate of drug-likeness (QED) is 0.450. The molecule has 0 bridgehead atoms. The molecular weight excluding hydrogens is 284 g/mol. The van der Waals surface area contributed by atoms with Gasteiger partial charge in [0.2, 0.25) is 5.91 Å². The maximum atomic E-state index is 12.2. The minimum atomic E-state index is -0.812. The Morgan fingerprint density at radius 1 is 1.36 bits per heavy atom. The van der Waals surface area contributed by atoms with Gasteiger partial charge in [0.15, 0.2) is 5.79 Å². The predicted molar refractivity (Wildman–Crippen MR) is 82.4 cm³/mol. The first-order valence-corrected chi connectivity index (χ1v) is 7.18. The van der Waals surface area contributed by atoms with Crippen molar-refractivity contribution in [2.75, 3.05) is 13.2 Å². The average Bonchev–Trinajstić information content (AvgIpc) is 2.42. The second-order valence-corrected chi connectivity index (χ2v) is 6.26. The van der Waals surface area contributed by atoms with Gasteiger partial charge in [-0.1, -0.05) is 13.8 Å². The van der Waals surface area contributed by atoms with E-state index in [1.165, 1.54) is 12.3 Å². The zero-order valence-corrected chi connectivity index (χ0v) is 13.6. The minimum absolute atomic E-state index is 0.311. The molecule has 1 saturated heterocycles. The fourth-order valence-electron chi connectivity index (χ4n) is 1.91. The van der Waals surface area contributed by atoms with Crippen molar-refractivity contribution in [2.45, 2.75) is 46.0 Å². The molecule has 0 saturated carbocycles. The molecule has 0 aromatic rings. The van der Waals surface area contributed by atoms with Crippen molar-refractivity contribution >= 4 is 11.8 Å². The molecule has 1 heterocycles. The van der Waals surface area contributed by atoms with Crippen LogP contribution in [-0.2, 0) is 19.1 Å². The monoisotopic (exact) mass is 308 g/mol. The highest BCUT2D eigenvalue weighted by Crippen LogP contribution is 2.34. The summed E-state index contributed by atoms with van der Waals surface area (Å²) in [5.41, 5.74) is -0.456. The molecule has 0 spiro atoms. The number of terminal acetylenes is 1. The molecule has 0 radical (unpaired) electrons. The van der Waals surface area contributed by atoms with Crippen LogP contribution in [0.1, 0.15) is 34.1 Å². The van der Waals surface area contributed by atoms with Crippen LogP contribution in [0.4, 0.5) is 0 Å². The Balaban J connectivity index is 2.53. The average molecular weight is 308 g/mol. The standard InChI is InChI=1S/C16H24N2O4/c1-6-7-9-17-12(19)8-10-18-14(20)13-15(2,3)11-21-16(4,5)22-13/h1,8,10,13H,7,9,11H2,2-5H3,(H,17,19)(H,18,20)/b10-8+/t13-/m1/s1. The van der Waals surface area contributed by atoms with Crippen LogP contribution in [0.5, 0.6) is 0 Å². The van der Waals surface area contributed by atoms with Crippen molar-refractivity contribution in [3.05, 3.63) is 12.3 Å². The largest absolute Gasteiger partial charge is 0.352 e. The van der Waals surface area contributed by atoms with Gasteiger partial charge in [0.05, 0.1) is 6.61 Å². The third-order valence-electron chi connectivity index (χ3n) is 3.17. The number of carbonyl (C=O) groups is 2. The van der Waals surface area contributed by atoms with Crippen LogP contribution in [-0.4, -0.2) is 36.9 Å². The van der Waals surface area contributed by atoms with Crippen LogP contribution in [0.15, 0.2) is 12.3 Å². The van der Waals surface area contributed by atoms with Gasteiger partial charge in [-0.3, -0.25) is 9.59 Å². The summed E-state index contributed by atoms with van der Waals surface area (Å²) in [4.78, 5) is 23.7. The lowest BCUT2D eigenvalue weighted by molar-refractivity contribution is -0.303. The highest BCUT2D eigenvalue weighted by Gasteiger charge is 2.45. The first kappa shape index (κ1) is 18.2. The second-order valence-electron chi connectivity index (χ2n) is 6.26. The molecule has 2 amide bonds. The van der Waals surface area contributed by atoms with Crippen LogP contribution in [0.2, 0.25) is 0 Å². The predicted octanol–water partition coefficient (Wildman–Crippen LogP) is 0.933. The molecule has 1 atom stereocenters. The highest BCUT2D eigenvalue weighted by molar-refractivity contribution is 5.89. The van der Waals surface area contributed by atoms with Gasteiger partial charge < -0.3 is 20.1 Å². The van der Waals surface area contributed by atoms with Crippen LogP contribution in [0.3, 0.4) is 0 Å². The SMILES string of the molecule is C#CCCNC(=O)/C=C/NC(=O)[C@H]1OC(C)(C)OCC1(C)C. The molecule has 122 valence electrons. The first-order chi connectivity index (χ1) is 10.2. The van der Waals surface area contributed by atoms with E-state index in [9.17, 15) is 9.59 Å². The number of nitrogens with one attached hydrogen (secondary N) is 2. The lowest BCUT2D eigenvalue weighted by Gasteiger charge is -2.44. The van der Waals surface area contributed by atoms with Crippen molar-refractivity contribution in [1.82, 2.24) is 10.6 Å². The summed E-state index contributed by atoms with van der Waals surface area (Å²) in [5.74, 6) is 0.981. The molecule has 1 aliphatic rings. The Bertz CT molecular complexity index is 489. The smallest absolute Gasteiger partial charge is 0.253 e. The molecule has 1 fully saturated rings. The lowest BCUT2D eigenvalue weighted by Crippen LogP contribution is -2.55. The van der Waals surface area contributed by atoms with Gasteiger partial charge in [-0.2, -0.15) is 0 Å². The van der Waals surface area contributed by atoms with Crippen molar-refractivity contribution < 1.29 is 19.1 Å². The van der Waals surface area contributed by atoms with Crippen LogP contribution in [0, 0.1) is 17.8 Å². The van der Waals surface area contributed by atoms with Crippen molar-refractivity contribution in [3.63, 3.8) is 0 Å². The third-order valence-corrected chi connectivity index (χ3v) is 3.17. The number of rotatable bonds is 5. The molecule has 0 aromatic heterocycles. The zero-order valence-electron chi connectivity index (χ0n) is 13.6. The molecule has 0 unspecified atom stereocenters. The molecule has 6 heteroatoms. The van der Waals surface area contributed by atoms with Gasteiger partial charge in [0.1, 0.15) is 6.10 Å². The van der Waals surface area contributed by atoms with E-state index in [0.717, 1.165) is 0 Å². The van der Waals surface area contributed by atoms with E-state index in [-0.39, 0.29) is 11.8 Å². The van der Waals surface area contributed by atoms with Gasteiger partial charge in [0.25, 0.3) is 5.91 Å². The van der Waals surface area contributed by atoms with Gasteiger partial charge in [-0.05, 0) is 13.8 Å². The molecule has 2 N–H and O–H groups in total. The van der Waals surface area contributed by atoms with Gasteiger partial charge in [-0.25, -0.2) is 0 Å². The van der Waals surface area contributed by atoms with Gasteiger partial charge in [0, 0.05) is 30.7 Å². The summed E-state index contributed by atoms with van der Waals surface area (Å²) in [6.07, 6.45) is 7.43. The molecule has 0 aromatic carbocycles. The van der Waals surface area contributed by atoms with Crippen LogP contribution >= 0.6 is 0 Å². The van der Waals surface area contributed by atoms with Crippen molar-refractivity contribution in [1.29, 1.82) is 0 Å². The fourth-order valence-corrected chi connectivity index (χ4v) is 1.91. The fraction of sp³-hybridized carbons (Fsp3) is 0.625. The first-order valence-electron chi connectivity index (χ1n) is 7.18. The zero-order chi connectivity index (χ0) is 16.8. The summed E-state index contributed by atoms with van der Waals surface area (Å²) < 4.78 is 11.3.